The molecule has 0 aliphatic heterocycles. The molecule has 1 N–H and O–H groups in total. The van der Waals surface area contributed by atoms with E-state index in [1.165, 1.54) is 28.0 Å². The van der Waals surface area contributed by atoms with Crippen molar-refractivity contribution in [2.45, 2.75) is 30.9 Å². The van der Waals surface area contributed by atoms with E-state index in [2.05, 4.69) is 91.3 Å². The maximum atomic E-state index is 3.71. The predicted octanol–water partition coefficient (Wildman–Crippen LogP) is 5.76. The first-order valence-corrected chi connectivity index (χ1v) is 9.68. The Hall–Kier alpha value is -1.57. The van der Waals surface area contributed by atoms with Gasteiger partial charge in [-0.3, -0.25) is 0 Å². The number of anilines is 1. The van der Waals surface area contributed by atoms with Gasteiger partial charge in [0.05, 0.1) is 0 Å². The Morgan fingerprint density at radius 2 is 1.65 bits per heavy atom. The Morgan fingerprint density at radius 3 is 2.35 bits per heavy atom. The third-order valence-electron chi connectivity index (χ3n) is 4.38. The van der Waals surface area contributed by atoms with E-state index >= 15 is 0 Å². The molecule has 1 nitrogen and oxygen atoms in total. The summed E-state index contributed by atoms with van der Waals surface area (Å²) in [6, 6.07) is 19.5. The Labute approximate surface area is 148 Å². The van der Waals surface area contributed by atoms with Crippen LogP contribution >= 0.6 is 0 Å². The Bertz CT molecular complexity index is 741. The molecule has 0 saturated carbocycles. The van der Waals surface area contributed by atoms with Crippen molar-refractivity contribution in [2.24, 2.45) is 0 Å². The number of rotatable bonds is 5. The van der Waals surface area contributed by atoms with Crippen LogP contribution in [-0.4, -0.2) is 0 Å². The van der Waals surface area contributed by atoms with Crippen molar-refractivity contribution >= 4 is 11.3 Å². The normalized spacial score (nSPS) is 14.2. The van der Waals surface area contributed by atoms with Crippen LogP contribution in [0.2, 0.25) is 0 Å². The molecular formula is C21H23NTi. The van der Waals surface area contributed by atoms with Crippen LogP contribution in [0.4, 0.5) is 5.69 Å². The molecule has 0 fully saturated rings. The summed E-state index contributed by atoms with van der Waals surface area (Å²) in [7, 11) is 0. The van der Waals surface area contributed by atoms with Gasteiger partial charge in [-0.15, -0.1) is 0 Å². The number of para-hydroxylation sites is 1. The molecule has 23 heavy (non-hydrogen) atoms. The molecule has 0 radical (unpaired) electrons. The van der Waals surface area contributed by atoms with Crippen molar-refractivity contribution in [2.75, 3.05) is 3.80 Å². The first kappa shape index (κ1) is 16.3. The SMILES string of the molecule is CC1=C(c2ccccc2[C](C)(C)[Ti][NH]c2ccccc2)CC=C1. The molecule has 0 amide bonds. The molecule has 2 aromatic rings. The van der Waals surface area contributed by atoms with E-state index in [-0.39, 0.29) is 23.1 Å². The predicted molar refractivity (Wildman–Crippen MR) is 95.9 cm³/mol. The second-order valence-corrected chi connectivity index (χ2v) is 9.29. The van der Waals surface area contributed by atoms with E-state index in [4.69, 9.17) is 0 Å². The number of nitrogens with one attached hydrogen (secondary N) is 1. The van der Waals surface area contributed by atoms with Gasteiger partial charge >= 0.3 is 149 Å². The van der Waals surface area contributed by atoms with E-state index in [1.54, 1.807) is 0 Å². The fourth-order valence-electron chi connectivity index (χ4n) is 3.05. The summed E-state index contributed by atoms with van der Waals surface area (Å²) in [5, 5.41) is 0. The molecule has 0 saturated heterocycles. The summed E-state index contributed by atoms with van der Waals surface area (Å²) >= 11 is -0.373. The van der Waals surface area contributed by atoms with Crippen molar-refractivity contribution in [3.63, 3.8) is 0 Å². The Morgan fingerprint density at radius 1 is 0.957 bits per heavy atom. The molecule has 1 aliphatic rings. The molecular weight excluding hydrogens is 314 g/mol. The molecule has 2 aromatic carbocycles. The quantitative estimate of drug-likeness (QED) is 0.684. The van der Waals surface area contributed by atoms with Crippen molar-refractivity contribution in [3.05, 3.63) is 83.4 Å². The third kappa shape index (κ3) is 3.68. The van der Waals surface area contributed by atoms with Crippen molar-refractivity contribution in [1.29, 1.82) is 0 Å². The van der Waals surface area contributed by atoms with E-state index in [0.717, 1.165) is 6.42 Å². The molecule has 0 bridgehead atoms. The van der Waals surface area contributed by atoms with Gasteiger partial charge in [-0.05, 0) is 0 Å². The van der Waals surface area contributed by atoms with Gasteiger partial charge in [0.2, 0.25) is 0 Å². The number of benzene rings is 2. The van der Waals surface area contributed by atoms with Gasteiger partial charge in [-0.25, -0.2) is 0 Å². The third-order valence-corrected chi connectivity index (χ3v) is 6.43. The molecule has 1 aliphatic carbocycles. The minimum absolute atomic E-state index is 0.183. The van der Waals surface area contributed by atoms with Crippen LogP contribution in [0.1, 0.15) is 38.3 Å². The van der Waals surface area contributed by atoms with E-state index < -0.39 is 0 Å². The second-order valence-electron chi connectivity index (χ2n) is 6.55. The second kappa shape index (κ2) is 6.90. The summed E-state index contributed by atoms with van der Waals surface area (Å²) in [4.78, 5) is 0. The van der Waals surface area contributed by atoms with Crippen molar-refractivity contribution < 1.29 is 19.4 Å². The zero-order valence-electron chi connectivity index (χ0n) is 14.1. The summed E-state index contributed by atoms with van der Waals surface area (Å²) in [5.41, 5.74) is 7.03. The van der Waals surface area contributed by atoms with Gasteiger partial charge in [0.15, 0.2) is 0 Å². The Kier molecular flexibility index (Phi) is 4.89. The molecule has 0 aromatic heterocycles. The van der Waals surface area contributed by atoms with E-state index in [9.17, 15) is 0 Å². The average Bonchev–Trinajstić information content (AvgIpc) is 3.00. The number of hydrogen-bond acceptors (Lipinski definition) is 1. The van der Waals surface area contributed by atoms with Gasteiger partial charge in [-0.2, -0.15) is 0 Å². The van der Waals surface area contributed by atoms with Crippen molar-refractivity contribution in [3.8, 4) is 0 Å². The zero-order chi connectivity index (χ0) is 16.3. The van der Waals surface area contributed by atoms with Gasteiger partial charge in [0.1, 0.15) is 0 Å². The van der Waals surface area contributed by atoms with Gasteiger partial charge in [-0.1, -0.05) is 0 Å². The number of allylic oxidation sites excluding steroid dienone is 4. The summed E-state index contributed by atoms with van der Waals surface area (Å²) in [6.45, 7) is 6.97. The monoisotopic (exact) mass is 337 g/mol. The zero-order valence-corrected chi connectivity index (χ0v) is 15.6. The molecule has 116 valence electrons. The van der Waals surface area contributed by atoms with Gasteiger partial charge in [0.25, 0.3) is 0 Å². The molecule has 3 rings (SSSR count). The summed E-state index contributed by atoms with van der Waals surface area (Å²) < 4.78 is 3.89. The van der Waals surface area contributed by atoms with Crippen LogP contribution in [0.15, 0.2) is 72.3 Å². The average molecular weight is 337 g/mol. The molecule has 0 atom stereocenters. The minimum atomic E-state index is -0.373. The van der Waals surface area contributed by atoms with Crippen molar-refractivity contribution in [1.82, 2.24) is 0 Å². The molecule has 2 heteroatoms. The fourth-order valence-corrected chi connectivity index (χ4v) is 4.57. The maximum absolute atomic E-state index is 3.71. The first-order chi connectivity index (χ1) is 11.1. The van der Waals surface area contributed by atoms with Crippen LogP contribution < -0.4 is 3.80 Å². The molecule has 0 heterocycles. The van der Waals surface area contributed by atoms with Gasteiger partial charge in [0, 0.05) is 0 Å². The van der Waals surface area contributed by atoms with E-state index in [0.29, 0.717) is 0 Å². The van der Waals surface area contributed by atoms with Crippen LogP contribution in [0, 0.1) is 0 Å². The standard InChI is InChI=1S/C15H17.C6H6N.Ti/c1-11(2)13-8-4-5-9-15(13)14-10-6-7-12(14)3;7-6-4-2-1-3-5-6;/h4-9H,10H2,1-3H3;1-5,7H;/q;-1;+1. The summed E-state index contributed by atoms with van der Waals surface area (Å²) in [6.07, 6.45) is 5.58. The molecule has 0 spiro atoms. The van der Waals surface area contributed by atoms with Crippen LogP contribution in [0.3, 0.4) is 0 Å². The van der Waals surface area contributed by atoms with Gasteiger partial charge < -0.3 is 0 Å². The Balaban J connectivity index is 1.87. The first-order valence-electron chi connectivity index (χ1n) is 8.12. The van der Waals surface area contributed by atoms with Crippen LogP contribution in [0.25, 0.3) is 5.57 Å². The summed E-state index contributed by atoms with van der Waals surface area (Å²) in [5.74, 6) is 0. The van der Waals surface area contributed by atoms with E-state index in [1.807, 2.05) is 0 Å². The van der Waals surface area contributed by atoms with Crippen LogP contribution in [0.5, 0.6) is 0 Å². The topological polar surface area (TPSA) is 12.0 Å². The van der Waals surface area contributed by atoms with Crippen LogP contribution in [-0.2, 0) is 23.1 Å². The number of hydrogen-bond donors (Lipinski definition) is 1. The molecule has 0 unspecified atom stereocenters. The fraction of sp³-hybridized carbons (Fsp3) is 0.238.